The highest BCUT2D eigenvalue weighted by Gasteiger charge is 2.39. The molecule has 1 heterocycles. The van der Waals surface area contributed by atoms with Crippen molar-refractivity contribution in [2.45, 2.75) is 18.4 Å². The summed E-state index contributed by atoms with van der Waals surface area (Å²) in [6.07, 6.45) is 3.42. The smallest absolute Gasteiger partial charge is 0.117 e. The predicted octanol–water partition coefficient (Wildman–Crippen LogP) is 3.42. The van der Waals surface area contributed by atoms with Gasteiger partial charge in [-0.15, -0.1) is 0 Å². The zero-order valence-corrected chi connectivity index (χ0v) is 11.1. The molecule has 2 aromatic carbocycles. The first-order valence-electron chi connectivity index (χ1n) is 6.94. The monoisotopic (exact) mass is 261 g/mol. The van der Waals surface area contributed by atoms with E-state index in [0.29, 0.717) is 0 Å². The molecule has 1 unspecified atom stereocenters. The third-order valence-corrected chi connectivity index (χ3v) is 4.30. The number of aromatic nitrogens is 1. The normalized spacial score (nSPS) is 21.1. The van der Waals surface area contributed by atoms with E-state index in [1.54, 1.807) is 6.20 Å². The number of rotatable bonds is 1. The van der Waals surface area contributed by atoms with Crippen LogP contribution in [0.3, 0.4) is 0 Å². The minimum absolute atomic E-state index is 0.724. The van der Waals surface area contributed by atoms with Crippen LogP contribution in [0.2, 0.25) is 0 Å². The maximum absolute atomic E-state index is 11.3. The molecule has 2 heteroatoms. The van der Waals surface area contributed by atoms with Crippen LogP contribution in [-0.4, -0.2) is 10.1 Å². The van der Waals surface area contributed by atoms with E-state index in [9.17, 15) is 5.11 Å². The van der Waals surface area contributed by atoms with Crippen molar-refractivity contribution in [2.75, 3.05) is 0 Å². The highest BCUT2D eigenvalue weighted by molar-refractivity contribution is 5.83. The minimum Gasteiger partial charge on any atom is -0.380 e. The number of hydrogen-bond acceptors (Lipinski definition) is 2. The summed E-state index contributed by atoms with van der Waals surface area (Å²) in [6.45, 7) is 0. The van der Waals surface area contributed by atoms with Gasteiger partial charge in [-0.2, -0.15) is 0 Å². The molecule has 0 saturated heterocycles. The molecule has 1 aliphatic rings. The van der Waals surface area contributed by atoms with Crippen LogP contribution in [0.15, 0.2) is 60.8 Å². The van der Waals surface area contributed by atoms with E-state index in [4.69, 9.17) is 0 Å². The Morgan fingerprint density at radius 2 is 1.70 bits per heavy atom. The third kappa shape index (κ3) is 1.52. The summed E-state index contributed by atoms with van der Waals surface area (Å²) in [5, 5.41) is 12.3. The van der Waals surface area contributed by atoms with Crippen molar-refractivity contribution in [1.29, 1.82) is 0 Å². The highest BCUT2D eigenvalue weighted by Crippen LogP contribution is 2.43. The summed E-state index contributed by atoms with van der Waals surface area (Å²) in [4.78, 5) is 4.48. The largest absolute Gasteiger partial charge is 0.380 e. The number of benzene rings is 2. The lowest BCUT2D eigenvalue weighted by Crippen LogP contribution is -2.24. The van der Waals surface area contributed by atoms with Crippen LogP contribution in [0.1, 0.15) is 23.1 Å². The lowest BCUT2D eigenvalue weighted by Gasteiger charge is -2.25. The zero-order valence-electron chi connectivity index (χ0n) is 11.1. The van der Waals surface area contributed by atoms with Crippen LogP contribution < -0.4 is 0 Å². The summed E-state index contributed by atoms with van der Waals surface area (Å²) in [5.74, 6) is 0. The molecular formula is C18H15NO. The van der Waals surface area contributed by atoms with Crippen molar-refractivity contribution >= 4 is 10.9 Å². The molecule has 0 bridgehead atoms. The van der Waals surface area contributed by atoms with Gasteiger partial charge in [0.05, 0.1) is 5.52 Å². The number of hydrogen-bond donors (Lipinski definition) is 1. The van der Waals surface area contributed by atoms with Gasteiger partial charge in [0.1, 0.15) is 5.60 Å². The van der Waals surface area contributed by atoms with E-state index < -0.39 is 5.60 Å². The van der Waals surface area contributed by atoms with Gasteiger partial charge >= 0.3 is 0 Å². The third-order valence-electron chi connectivity index (χ3n) is 4.30. The molecule has 2 nitrogen and oxygen atoms in total. The van der Waals surface area contributed by atoms with Crippen LogP contribution in [0.25, 0.3) is 10.9 Å². The Morgan fingerprint density at radius 3 is 2.65 bits per heavy atom. The molecule has 3 aromatic rings. The predicted molar refractivity (Wildman–Crippen MR) is 79.5 cm³/mol. The van der Waals surface area contributed by atoms with Crippen molar-refractivity contribution in [3.63, 3.8) is 0 Å². The first-order chi connectivity index (χ1) is 9.79. The Bertz CT molecular complexity index is 791. The number of nitrogens with zero attached hydrogens (tertiary/aromatic N) is 1. The number of fused-ring (bicyclic) bond motifs is 2. The molecule has 0 aliphatic heterocycles. The average Bonchev–Trinajstić information content (AvgIpc) is 2.86. The average molecular weight is 261 g/mol. The fourth-order valence-electron chi connectivity index (χ4n) is 3.31. The second kappa shape index (κ2) is 4.15. The lowest BCUT2D eigenvalue weighted by atomic mass is 9.86. The van der Waals surface area contributed by atoms with Gasteiger partial charge in [-0.25, -0.2) is 0 Å². The number of aliphatic hydroxyl groups is 1. The van der Waals surface area contributed by atoms with Crippen LogP contribution in [-0.2, 0) is 12.0 Å². The maximum atomic E-state index is 11.3. The van der Waals surface area contributed by atoms with Gasteiger partial charge in [-0.1, -0.05) is 48.5 Å². The summed E-state index contributed by atoms with van der Waals surface area (Å²) in [6, 6.07) is 18.2. The van der Waals surface area contributed by atoms with Gasteiger partial charge in [0.25, 0.3) is 0 Å². The summed E-state index contributed by atoms with van der Waals surface area (Å²) >= 11 is 0. The molecule has 0 saturated carbocycles. The Kier molecular flexibility index (Phi) is 2.41. The molecule has 1 aliphatic carbocycles. The van der Waals surface area contributed by atoms with Gasteiger partial charge in [0.2, 0.25) is 0 Å². The maximum Gasteiger partial charge on any atom is 0.117 e. The van der Waals surface area contributed by atoms with Gasteiger partial charge in [-0.05, 0) is 30.0 Å². The topological polar surface area (TPSA) is 33.1 Å². The number of para-hydroxylation sites is 1. The van der Waals surface area contributed by atoms with E-state index >= 15 is 0 Å². The van der Waals surface area contributed by atoms with Crippen LogP contribution in [0, 0.1) is 0 Å². The standard InChI is InChI=1S/C18H15NO/c20-18(11-10-13-5-1-2-8-15(13)18)16-9-3-6-14-7-4-12-19-17(14)16/h1-9,12,20H,10-11H2. The van der Waals surface area contributed by atoms with E-state index in [1.807, 2.05) is 48.5 Å². The number of aryl methyl sites for hydroxylation is 1. The minimum atomic E-state index is -0.912. The van der Waals surface area contributed by atoms with Gasteiger partial charge in [0, 0.05) is 17.1 Å². The fourth-order valence-corrected chi connectivity index (χ4v) is 3.31. The molecule has 1 N–H and O–H groups in total. The van der Waals surface area contributed by atoms with E-state index in [2.05, 4.69) is 11.1 Å². The Hall–Kier alpha value is -2.19. The van der Waals surface area contributed by atoms with Crippen molar-refractivity contribution in [3.8, 4) is 0 Å². The molecule has 0 fully saturated rings. The van der Waals surface area contributed by atoms with Crippen LogP contribution in [0.5, 0.6) is 0 Å². The first kappa shape index (κ1) is 11.6. The summed E-state index contributed by atoms with van der Waals surface area (Å²) < 4.78 is 0. The molecule has 1 aromatic heterocycles. The molecule has 0 amide bonds. The van der Waals surface area contributed by atoms with Gasteiger partial charge in [0.15, 0.2) is 0 Å². The fraction of sp³-hybridized carbons (Fsp3) is 0.167. The van der Waals surface area contributed by atoms with E-state index in [-0.39, 0.29) is 0 Å². The van der Waals surface area contributed by atoms with E-state index in [1.165, 1.54) is 5.56 Å². The molecule has 0 spiro atoms. The SMILES string of the molecule is OC1(c2cccc3cccnc23)CCc2ccccc21. The van der Waals surface area contributed by atoms with Crippen molar-refractivity contribution in [3.05, 3.63) is 77.5 Å². The number of pyridine rings is 1. The molecule has 20 heavy (non-hydrogen) atoms. The Labute approximate surface area is 117 Å². The molecular weight excluding hydrogens is 246 g/mol. The van der Waals surface area contributed by atoms with Crippen LogP contribution >= 0.6 is 0 Å². The Balaban J connectivity index is 2.01. The van der Waals surface area contributed by atoms with Crippen molar-refractivity contribution in [2.24, 2.45) is 0 Å². The summed E-state index contributed by atoms with van der Waals surface area (Å²) in [5.41, 5.74) is 3.17. The Morgan fingerprint density at radius 1 is 0.900 bits per heavy atom. The zero-order chi connectivity index (χ0) is 13.6. The summed E-state index contributed by atoms with van der Waals surface area (Å²) in [7, 11) is 0. The molecule has 98 valence electrons. The van der Waals surface area contributed by atoms with Gasteiger partial charge < -0.3 is 5.11 Å². The second-order valence-electron chi connectivity index (χ2n) is 5.40. The quantitative estimate of drug-likeness (QED) is 0.728. The van der Waals surface area contributed by atoms with Gasteiger partial charge in [-0.3, -0.25) is 4.98 Å². The second-order valence-corrected chi connectivity index (χ2v) is 5.40. The molecule has 4 rings (SSSR count). The van der Waals surface area contributed by atoms with E-state index in [0.717, 1.165) is 34.9 Å². The van der Waals surface area contributed by atoms with Crippen molar-refractivity contribution < 1.29 is 5.11 Å². The lowest BCUT2D eigenvalue weighted by molar-refractivity contribution is 0.0843. The molecule has 1 atom stereocenters. The first-order valence-corrected chi connectivity index (χ1v) is 6.94. The van der Waals surface area contributed by atoms with Crippen molar-refractivity contribution in [1.82, 2.24) is 4.98 Å². The molecule has 0 radical (unpaired) electrons. The van der Waals surface area contributed by atoms with Crippen LogP contribution in [0.4, 0.5) is 0 Å². The highest BCUT2D eigenvalue weighted by atomic mass is 16.3.